The number of hydrogen-bond acceptors (Lipinski definition) is 11. The van der Waals surface area contributed by atoms with E-state index in [2.05, 4.69) is 26.3 Å². The molecule has 7 rings (SSSR count). The van der Waals surface area contributed by atoms with E-state index < -0.39 is 42.2 Å². The van der Waals surface area contributed by atoms with Gasteiger partial charge in [0.05, 0.1) is 11.1 Å². The zero-order chi connectivity index (χ0) is 39.5. The van der Waals surface area contributed by atoms with Crippen LogP contribution >= 0.6 is 0 Å². The average molecular weight is 764 g/mol. The molecule has 1 atom stereocenters. The van der Waals surface area contributed by atoms with E-state index in [-0.39, 0.29) is 60.7 Å². The summed E-state index contributed by atoms with van der Waals surface area (Å²) in [6.07, 6.45) is 6.33. The van der Waals surface area contributed by atoms with Gasteiger partial charge in [-0.3, -0.25) is 43.8 Å². The molecule has 0 radical (unpaired) electrons. The molecule has 56 heavy (non-hydrogen) atoms. The largest absolute Gasteiger partial charge is 0.483 e. The monoisotopic (exact) mass is 763 g/mol. The quantitative estimate of drug-likeness (QED) is 0.115. The Hall–Kier alpha value is -6.65. The first-order valence-corrected chi connectivity index (χ1v) is 18.5. The van der Waals surface area contributed by atoms with Crippen LogP contribution in [-0.2, 0) is 14.4 Å². The molecule has 2 aliphatic heterocycles. The standard InChI is InChI=1S/C39H41N9O8/c1-46(2)37(54)28-19-23-20-42-39(45-33(23)47(28)25-7-3-4-8-25)43-24-13-11-22(12-14-24)34(51)41-18-6-17-40-31(50)21-56-29-10-5-9-26-32(29)38(55)48(36(26)53)27-15-16-30(49)44-35(27)52/h5,9-14,19-20,25,27H,3-4,6-8,15-18,21H2,1-2H3,(H,40,50)(H,41,51)(H,42,43,45)(H,44,49,52). The van der Waals surface area contributed by atoms with E-state index in [9.17, 15) is 33.6 Å². The molecule has 17 heteroatoms. The molecule has 3 aliphatic rings. The first kappa shape index (κ1) is 37.7. The van der Waals surface area contributed by atoms with Crippen molar-refractivity contribution in [1.29, 1.82) is 0 Å². The highest BCUT2D eigenvalue weighted by molar-refractivity contribution is 6.24. The average Bonchev–Trinajstić information content (AvgIpc) is 3.91. The summed E-state index contributed by atoms with van der Waals surface area (Å²) < 4.78 is 7.66. The van der Waals surface area contributed by atoms with Crippen LogP contribution in [-0.4, -0.2) is 106 Å². The van der Waals surface area contributed by atoms with Crippen molar-refractivity contribution < 1.29 is 38.3 Å². The minimum absolute atomic E-state index is 0.00235. The molecule has 2 fully saturated rings. The third kappa shape index (κ3) is 7.65. The SMILES string of the molecule is CN(C)C(=O)c1cc2cnc(Nc3ccc(C(=O)NCCCNC(=O)COc4cccc5c4C(=O)N(C4CCC(=O)NC4=O)C5=O)cc3)nc2n1C1CCCC1. The maximum Gasteiger partial charge on any atom is 0.270 e. The number of piperidine rings is 1. The number of rotatable bonds is 13. The van der Waals surface area contributed by atoms with E-state index in [4.69, 9.17) is 9.72 Å². The molecule has 17 nitrogen and oxygen atoms in total. The van der Waals surface area contributed by atoms with Gasteiger partial charge < -0.3 is 30.2 Å². The fraction of sp³-hybridized carbons (Fsp3) is 0.359. The van der Waals surface area contributed by atoms with Crippen molar-refractivity contribution in [2.75, 3.05) is 39.1 Å². The molecule has 1 saturated carbocycles. The maximum atomic E-state index is 13.2. The zero-order valence-corrected chi connectivity index (χ0v) is 30.9. The number of benzene rings is 2. The number of ether oxygens (including phenoxy) is 1. The minimum atomic E-state index is -1.12. The van der Waals surface area contributed by atoms with Crippen molar-refractivity contribution in [2.45, 2.75) is 57.0 Å². The van der Waals surface area contributed by atoms with Gasteiger partial charge in [0.1, 0.15) is 23.1 Å². The summed E-state index contributed by atoms with van der Waals surface area (Å²) in [6, 6.07) is 12.2. The van der Waals surface area contributed by atoms with Gasteiger partial charge in [0.25, 0.3) is 29.5 Å². The van der Waals surface area contributed by atoms with Crippen LogP contribution in [0.15, 0.2) is 54.7 Å². The molecule has 0 bridgehead atoms. The van der Waals surface area contributed by atoms with Crippen molar-refractivity contribution in [2.24, 2.45) is 0 Å². The normalized spacial score (nSPS) is 16.8. The highest BCUT2D eigenvalue weighted by atomic mass is 16.5. The molecule has 0 spiro atoms. The Bertz CT molecular complexity index is 2240. The first-order chi connectivity index (χ1) is 27.0. The van der Waals surface area contributed by atoms with Gasteiger partial charge in [-0.25, -0.2) is 4.98 Å². The third-order valence-electron chi connectivity index (χ3n) is 10.0. The number of carbonyl (C=O) groups is 7. The van der Waals surface area contributed by atoms with Crippen LogP contribution in [0, 0.1) is 0 Å². The van der Waals surface area contributed by atoms with E-state index in [1.165, 1.54) is 18.2 Å². The van der Waals surface area contributed by atoms with E-state index in [1.54, 1.807) is 49.5 Å². The zero-order valence-electron chi connectivity index (χ0n) is 30.9. The van der Waals surface area contributed by atoms with E-state index in [1.807, 2.05) is 10.6 Å². The second-order valence-electron chi connectivity index (χ2n) is 14.1. The van der Waals surface area contributed by atoms with Crippen LogP contribution in [0.1, 0.15) is 92.6 Å². The molecule has 4 N–H and O–H groups in total. The number of amides is 7. The van der Waals surface area contributed by atoms with Crippen molar-refractivity contribution >= 4 is 64.0 Å². The first-order valence-electron chi connectivity index (χ1n) is 18.5. The summed E-state index contributed by atoms with van der Waals surface area (Å²) in [6.45, 7) is 0.0797. The number of fused-ring (bicyclic) bond motifs is 2. The van der Waals surface area contributed by atoms with E-state index >= 15 is 0 Å². The molecule has 2 aromatic carbocycles. The fourth-order valence-corrected chi connectivity index (χ4v) is 7.25. The maximum absolute atomic E-state index is 13.2. The number of imide groups is 2. The Labute approximate surface area is 321 Å². The molecule has 4 aromatic rings. The number of aromatic nitrogens is 3. The Kier molecular flexibility index (Phi) is 10.7. The Morgan fingerprint density at radius 3 is 2.43 bits per heavy atom. The lowest BCUT2D eigenvalue weighted by molar-refractivity contribution is -0.136. The molecule has 1 saturated heterocycles. The molecule has 290 valence electrons. The van der Waals surface area contributed by atoms with Crippen molar-refractivity contribution in [3.63, 3.8) is 0 Å². The van der Waals surface area contributed by atoms with Crippen LogP contribution in [0.2, 0.25) is 0 Å². The van der Waals surface area contributed by atoms with Gasteiger partial charge in [0, 0.05) is 62.5 Å². The summed E-state index contributed by atoms with van der Waals surface area (Å²) in [5.41, 5.74) is 2.41. The number of hydrogen-bond donors (Lipinski definition) is 4. The van der Waals surface area contributed by atoms with Gasteiger partial charge in [-0.05, 0) is 68.1 Å². The Morgan fingerprint density at radius 1 is 0.946 bits per heavy atom. The fourth-order valence-electron chi connectivity index (χ4n) is 7.25. The van der Waals surface area contributed by atoms with Crippen LogP contribution < -0.4 is 26.0 Å². The lowest BCUT2D eigenvalue weighted by Gasteiger charge is -2.27. The highest BCUT2D eigenvalue weighted by Crippen LogP contribution is 2.36. The number of anilines is 2. The van der Waals surface area contributed by atoms with E-state index in [0.717, 1.165) is 36.0 Å². The summed E-state index contributed by atoms with van der Waals surface area (Å²) >= 11 is 0. The summed E-state index contributed by atoms with van der Waals surface area (Å²) in [5, 5.41) is 11.7. The summed E-state index contributed by atoms with van der Waals surface area (Å²) in [4.78, 5) is 100. The minimum Gasteiger partial charge on any atom is -0.483 e. The molecular weight excluding hydrogens is 722 g/mol. The highest BCUT2D eigenvalue weighted by Gasteiger charge is 2.46. The predicted molar refractivity (Wildman–Crippen MR) is 201 cm³/mol. The molecule has 7 amide bonds. The summed E-state index contributed by atoms with van der Waals surface area (Å²) in [5.74, 6) is -3.06. The van der Waals surface area contributed by atoms with Gasteiger partial charge in [0.2, 0.25) is 17.8 Å². The van der Waals surface area contributed by atoms with Crippen LogP contribution in [0.3, 0.4) is 0 Å². The number of nitrogens with zero attached hydrogens (tertiary/aromatic N) is 5. The second kappa shape index (κ2) is 16.0. The van der Waals surface area contributed by atoms with Gasteiger partial charge in [-0.2, -0.15) is 4.98 Å². The lowest BCUT2D eigenvalue weighted by atomic mass is 10.0. The summed E-state index contributed by atoms with van der Waals surface area (Å²) in [7, 11) is 3.47. The Morgan fingerprint density at radius 2 is 1.70 bits per heavy atom. The topological polar surface area (TPSA) is 214 Å². The van der Waals surface area contributed by atoms with E-state index in [0.29, 0.717) is 35.0 Å². The molecule has 2 aromatic heterocycles. The van der Waals surface area contributed by atoms with Crippen molar-refractivity contribution in [3.8, 4) is 5.75 Å². The second-order valence-corrected chi connectivity index (χ2v) is 14.1. The van der Waals surface area contributed by atoms with Gasteiger partial charge in [0.15, 0.2) is 6.61 Å². The van der Waals surface area contributed by atoms with Crippen molar-refractivity contribution in [3.05, 3.63) is 77.1 Å². The van der Waals surface area contributed by atoms with Crippen LogP contribution in [0.25, 0.3) is 11.0 Å². The third-order valence-corrected chi connectivity index (χ3v) is 10.0. The van der Waals surface area contributed by atoms with Gasteiger partial charge >= 0.3 is 0 Å². The van der Waals surface area contributed by atoms with Crippen molar-refractivity contribution in [1.82, 2.24) is 40.3 Å². The van der Waals surface area contributed by atoms with Crippen LogP contribution in [0.5, 0.6) is 5.75 Å². The molecule has 1 aliphatic carbocycles. The molecular formula is C39H41N9O8. The lowest BCUT2D eigenvalue weighted by Crippen LogP contribution is -2.54. The predicted octanol–water partition coefficient (Wildman–Crippen LogP) is 2.71. The number of nitrogens with one attached hydrogen (secondary N) is 4. The van der Waals surface area contributed by atoms with Gasteiger partial charge in [-0.1, -0.05) is 18.9 Å². The van der Waals surface area contributed by atoms with Gasteiger partial charge in [-0.15, -0.1) is 0 Å². The number of carbonyl (C=O) groups excluding carboxylic acids is 7. The molecule has 1 unspecified atom stereocenters. The smallest absolute Gasteiger partial charge is 0.270 e. The Balaban J connectivity index is 0.868. The molecule has 4 heterocycles. The van der Waals surface area contributed by atoms with Crippen LogP contribution in [0.4, 0.5) is 11.6 Å².